The zero-order chi connectivity index (χ0) is 13.1. The van der Waals surface area contributed by atoms with E-state index in [0.29, 0.717) is 11.1 Å². The number of halogens is 1. The van der Waals surface area contributed by atoms with Crippen LogP contribution in [0.1, 0.15) is 10.4 Å². The average Bonchev–Trinajstić information content (AvgIpc) is 2.39. The topological polar surface area (TPSA) is 46.5 Å². The molecule has 0 aliphatic carbocycles. The van der Waals surface area contributed by atoms with Gasteiger partial charge in [-0.25, -0.2) is 9.18 Å². The summed E-state index contributed by atoms with van der Waals surface area (Å²) in [6.45, 7) is 0. The van der Waals surface area contributed by atoms with Gasteiger partial charge in [-0.3, -0.25) is 0 Å². The van der Waals surface area contributed by atoms with E-state index in [0.717, 1.165) is 0 Å². The Morgan fingerprint density at radius 3 is 2.39 bits per heavy atom. The van der Waals surface area contributed by atoms with Crippen molar-refractivity contribution >= 4 is 5.97 Å². The summed E-state index contributed by atoms with van der Waals surface area (Å²) in [6.07, 6.45) is 0. The third-order valence-electron chi connectivity index (χ3n) is 2.63. The zero-order valence-electron chi connectivity index (χ0n) is 9.68. The molecule has 0 aliphatic heterocycles. The molecule has 0 unspecified atom stereocenters. The first-order chi connectivity index (χ1) is 8.63. The minimum Gasteiger partial charge on any atom is -0.494 e. The number of benzene rings is 2. The van der Waals surface area contributed by atoms with Crippen LogP contribution in [0, 0.1) is 5.82 Å². The maximum Gasteiger partial charge on any atom is 0.335 e. The van der Waals surface area contributed by atoms with Gasteiger partial charge in [0.1, 0.15) is 0 Å². The first kappa shape index (κ1) is 12.1. The molecular formula is C14H11FO3. The van der Waals surface area contributed by atoms with Gasteiger partial charge in [0.25, 0.3) is 0 Å². The van der Waals surface area contributed by atoms with E-state index in [1.807, 2.05) is 0 Å². The Kier molecular flexibility index (Phi) is 3.28. The predicted octanol–water partition coefficient (Wildman–Crippen LogP) is 3.20. The second-order valence-electron chi connectivity index (χ2n) is 3.70. The summed E-state index contributed by atoms with van der Waals surface area (Å²) in [4.78, 5) is 10.7. The van der Waals surface area contributed by atoms with E-state index in [9.17, 15) is 9.18 Å². The molecule has 0 bridgehead atoms. The Bertz CT molecular complexity index is 576. The summed E-state index contributed by atoms with van der Waals surface area (Å²) in [5, 5.41) is 8.79. The van der Waals surface area contributed by atoms with Gasteiger partial charge < -0.3 is 9.84 Å². The number of carboxylic acid groups (broad SMARTS) is 1. The molecule has 0 amide bonds. The van der Waals surface area contributed by atoms with Crippen LogP contribution in [0.2, 0.25) is 0 Å². The molecule has 0 spiro atoms. The molecule has 3 nitrogen and oxygen atoms in total. The highest BCUT2D eigenvalue weighted by Crippen LogP contribution is 2.28. The lowest BCUT2D eigenvalue weighted by Gasteiger charge is -2.07. The molecule has 0 saturated carbocycles. The van der Waals surface area contributed by atoms with Gasteiger partial charge in [-0.05, 0) is 23.8 Å². The van der Waals surface area contributed by atoms with Crippen molar-refractivity contribution in [3.8, 4) is 16.9 Å². The molecule has 0 atom stereocenters. The summed E-state index contributed by atoms with van der Waals surface area (Å²) in [5.74, 6) is -1.30. The fraction of sp³-hybridized carbons (Fsp3) is 0.0714. The van der Waals surface area contributed by atoms with Crippen LogP contribution >= 0.6 is 0 Å². The molecule has 1 N–H and O–H groups in total. The van der Waals surface area contributed by atoms with Gasteiger partial charge in [-0.1, -0.05) is 24.3 Å². The number of hydrogen-bond acceptors (Lipinski definition) is 2. The molecule has 2 rings (SSSR count). The monoisotopic (exact) mass is 246 g/mol. The normalized spacial score (nSPS) is 10.1. The first-order valence-electron chi connectivity index (χ1n) is 5.29. The summed E-state index contributed by atoms with van der Waals surface area (Å²) >= 11 is 0. The van der Waals surface area contributed by atoms with Crippen molar-refractivity contribution in [1.29, 1.82) is 0 Å². The Morgan fingerprint density at radius 2 is 1.83 bits per heavy atom. The van der Waals surface area contributed by atoms with Crippen LogP contribution in [0.5, 0.6) is 5.75 Å². The maximum atomic E-state index is 14.0. The standard InChI is InChI=1S/C14H11FO3/c1-18-12-4-2-3-11(13(12)15)9-5-7-10(8-6-9)14(16)17/h2-8H,1H3,(H,16,17). The zero-order valence-corrected chi connectivity index (χ0v) is 9.68. The van der Waals surface area contributed by atoms with Crippen LogP contribution < -0.4 is 4.74 Å². The van der Waals surface area contributed by atoms with Crippen LogP contribution in [-0.2, 0) is 0 Å². The summed E-state index contributed by atoms with van der Waals surface area (Å²) < 4.78 is 18.9. The summed E-state index contributed by atoms with van der Waals surface area (Å²) in [7, 11) is 1.40. The lowest BCUT2D eigenvalue weighted by molar-refractivity contribution is 0.0697. The maximum absolute atomic E-state index is 14.0. The number of hydrogen-bond donors (Lipinski definition) is 1. The van der Waals surface area contributed by atoms with Crippen molar-refractivity contribution in [1.82, 2.24) is 0 Å². The third kappa shape index (κ3) is 2.18. The average molecular weight is 246 g/mol. The van der Waals surface area contributed by atoms with Crippen LogP contribution in [-0.4, -0.2) is 18.2 Å². The molecule has 0 heterocycles. The van der Waals surface area contributed by atoms with Gasteiger partial charge in [-0.15, -0.1) is 0 Å². The fourth-order valence-corrected chi connectivity index (χ4v) is 1.68. The lowest BCUT2D eigenvalue weighted by atomic mass is 10.0. The minimum absolute atomic E-state index is 0.162. The molecule has 4 heteroatoms. The van der Waals surface area contributed by atoms with E-state index in [1.165, 1.54) is 25.3 Å². The van der Waals surface area contributed by atoms with E-state index in [-0.39, 0.29) is 11.3 Å². The highest BCUT2D eigenvalue weighted by atomic mass is 19.1. The lowest BCUT2D eigenvalue weighted by Crippen LogP contribution is -1.96. The second-order valence-corrected chi connectivity index (χ2v) is 3.70. The van der Waals surface area contributed by atoms with Gasteiger partial charge in [-0.2, -0.15) is 0 Å². The van der Waals surface area contributed by atoms with Gasteiger partial charge in [0.15, 0.2) is 11.6 Å². The van der Waals surface area contributed by atoms with Crippen molar-refractivity contribution in [2.45, 2.75) is 0 Å². The van der Waals surface area contributed by atoms with Gasteiger partial charge in [0, 0.05) is 5.56 Å². The van der Waals surface area contributed by atoms with E-state index in [2.05, 4.69) is 0 Å². The van der Waals surface area contributed by atoms with E-state index >= 15 is 0 Å². The van der Waals surface area contributed by atoms with Crippen molar-refractivity contribution in [2.75, 3.05) is 7.11 Å². The molecule has 0 radical (unpaired) electrons. The molecule has 0 aromatic heterocycles. The SMILES string of the molecule is COc1cccc(-c2ccc(C(=O)O)cc2)c1F. The number of methoxy groups -OCH3 is 1. The summed E-state index contributed by atoms with van der Waals surface area (Å²) in [6, 6.07) is 10.9. The molecule has 2 aromatic rings. The molecular weight excluding hydrogens is 235 g/mol. The third-order valence-corrected chi connectivity index (χ3v) is 2.63. The molecule has 0 saturated heterocycles. The van der Waals surface area contributed by atoms with Gasteiger partial charge in [0.2, 0.25) is 0 Å². The Balaban J connectivity index is 2.46. The first-order valence-corrected chi connectivity index (χ1v) is 5.29. The van der Waals surface area contributed by atoms with Crippen molar-refractivity contribution in [2.24, 2.45) is 0 Å². The number of carbonyl (C=O) groups is 1. The Hall–Kier alpha value is -2.36. The number of aromatic carboxylic acids is 1. The largest absolute Gasteiger partial charge is 0.494 e. The van der Waals surface area contributed by atoms with E-state index in [4.69, 9.17) is 9.84 Å². The number of ether oxygens (including phenoxy) is 1. The highest BCUT2D eigenvalue weighted by Gasteiger charge is 2.10. The second kappa shape index (κ2) is 4.87. The number of rotatable bonds is 3. The molecule has 18 heavy (non-hydrogen) atoms. The van der Waals surface area contributed by atoms with Crippen molar-refractivity contribution in [3.05, 3.63) is 53.8 Å². The molecule has 0 fully saturated rings. The molecule has 92 valence electrons. The van der Waals surface area contributed by atoms with Crippen molar-refractivity contribution < 1.29 is 19.0 Å². The van der Waals surface area contributed by atoms with E-state index in [1.54, 1.807) is 24.3 Å². The van der Waals surface area contributed by atoms with Gasteiger partial charge >= 0.3 is 5.97 Å². The van der Waals surface area contributed by atoms with Crippen LogP contribution in [0.15, 0.2) is 42.5 Å². The predicted molar refractivity (Wildman–Crippen MR) is 65.3 cm³/mol. The highest BCUT2D eigenvalue weighted by molar-refractivity contribution is 5.88. The Labute approximate surface area is 103 Å². The quantitative estimate of drug-likeness (QED) is 0.904. The minimum atomic E-state index is -1.01. The van der Waals surface area contributed by atoms with Gasteiger partial charge in [0.05, 0.1) is 12.7 Å². The smallest absolute Gasteiger partial charge is 0.335 e. The fourth-order valence-electron chi connectivity index (χ4n) is 1.68. The Morgan fingerprint density at radius 1 is 1.17 bits per heavy atom. The van der Waals surface area contributed by atoms with Crippen LogP contribution in [0.3, 0.4) is 0 Å². The molecule has 0 aliphatic rings. The van der Waals surface area contributed by atoms with E-state index < -0.39 is 11.8 Å². The molecule has 2 aromatic carbocycles. The van der Waals surface area contributed by atoms with Crippen LogP contribution in [0.4, 0.5) is 4.39 Å². The van der Waals surface area contributed by atoms with Crippen molar-refractivity contribution in [3.63, 3.8) is 0 Å². The van der Waals surface area contributed by atoms with Crippen LogP contribution in [0.25, 0.3) is 11.1 Å². The number of carboxylic acids is 1. The summed E-state index contributed by atoms with van der Waals surface area (Å²) in [5.41, 5.74) is 1.16.